The minimum atomic E-state index is -0.499. The van der Waals surface area contributed by atoms with Gasteiger partial charge in [-0.3, -0.25) is 9.89 Å². The maximum Gasteiger partial charge on any atom is 0.410 e. The molecule has 3 heterocycles. The van der Waals surface area contributed by atoms with Crippen molar-refractivity contribution in [3.63, 3.8) is 0 Å². The normalized spacial score (nSPS) is 21.3. The summed E-state index contributed by atoms with van der Waals surface area (Å²) in [6.45, 7) is 6.21. The highest BCUT2D eigenvalue weighted by atomic mass is 16.6. The molecule has 0 spiro atoms. The van der Waals surface area contributed by atoms with Crippen LogP contribution in [0.25, 0.3) is 22.2 Å². The Morgan fingerprint density at radius 2 is 1.64 bits per heavy atom. The predicted molar refractivity (Wildman–Crippen MR) is 170 cm³/mol. The van der Waals surface area contributed by atoms with Crippen LogP contribution in [-0.2, 0) is 11.3 Å². The Labute approximate surface area is 258 Å². The lowest BCUT2D eigenvalue weighted by Crippen LogP contribution is -2.50. The van der Waals surface area contributed by atoms with E-state index >= 15 is 0 Å². The first-order chi connectivity index (χ1) is 21.2. The number of fused-ring (bicyclic) bond motifs is 3. The van der Waals surface area contributed by atoms with Gasteiger partial charge in [0, 0.05) is 48.0 Å². The SMILES string of the molecule is CC(C)(C)OC(=O)N1C2CCC1CC(Oc1ccc(-c3n[nH]c4ccc(C(=O)NCc5ccc(C6CC6)cc5)cc34)cc1)C2. The van der Waals surface area contributed by atoms with E-state index in [0.717, 1.165) is 65.1 Å². The van der Waals surface area contributed by atoms with Crippen molar-refractivity contribution in [1.82, 2.24) is 20.4 Å². The minimum Gasteiger partial charge on any atom is -0.490 e. The number of ether oxygens (including phenoxy) is 2. The zero-order valence-electron chi connectivity index (χ0n) is 25.6. The summed E-state index contributed by atoms with van der Waals surface area (Å²) in [5.74, 6) is 1.42. The number of nitrogens with one attached hydrogen (secondary N) is 2. The van der Waals surface area contributed by atoms with Crippen molar-refractivity contribution in [3.05, 3.63) is 83.4 Å². The zero-order valence-corrected chi connectivity index (χ0v) is 25.6. The van der Waals surface area contributed by atoms with E-state index in [9.17, 15) is 9.59 Å². The van der Waals surface area contributed by atoms with Crippen molar-refractivity contribution in [2.75, 3.05) is 0 Å². The number of carbonyl (C=O) groups excluding carboxylic acids is 2. The Kier molecular flexibility index (Phi) is 7.31. The number of hydrogen-bond donors (Lipinski definition) is 2. The molecule has 2 unspecified atom stereocenters. The summed E-state index contributed by atoms with van der Waals surface area (Å²) in [5, 5.41) is 11.6. The maximum absolute atomic E-state index is 13.0. The molecule has 1 aromatic heterocycles. The fraction of sp³-hybridized carbons (Fsp3) is 0.417. The maximum atomic E-state index is 13.0. The van der Waals surface area contributed by atoms with Crippen molar-refractivity contribution in [2.24, 2.45) is 0 Å². The van der Waals surface area contributed by atoms with Crippen molar-refractivity contribution >= 4 is 22.9 Å². The molecular weight excluding hydrogens is 552 g/mol. The molecule has 1 saturated carbocycles. The van der Waals surface area contributed by atoms with Gasteiger partial charge in [0.2, 0.25) is 0 Å². The number of aromatic amines is 1. The number of carbonyl (C=O) groups is 2. The molecule has 2 aliphatic heterocycles. The van der Waals surface area contributed by atoms with Crippen LogP contribution in [0.4, 0.5) is 4.79 Å². The third-order valence-electron chi connectivity index (χ3n) is 9.03. The lowest BCUT2D eigenvalue weighted by atomic mass is 10.00. The summed E-state index contributed by atoms with van der Waals surface area (Å²) in [4.78, 5) is 27.8. The summed E-state index contributed by atoms with van der Waals surface area (Å²) in [7, 11) is 0. The number of nitrogens with zero attached hydrogens (tertiary/aromatic N) is 2. The predicted octanol–water partition coefficient (Wildman–Crippen LogP) is 7.35. The van der Waals surface area contributed by atoms with E-state index < -0.39 is 5.60 Å². The Hall–Kier alpha value is -4.33. The number of amides is 2. The summed E-state index contributed by atoms with van der Waals surface area (Å²) < 4.78 is 12.1. The molecule has 3 fully saturated rings. The standard InChI is InChI=1S/C36H40N4O4/c1-36(2,3)44-35(42)40-27-13-14-28(40)20-30(19-27)43-29-15-10-25(11-16-29)33-31-18-26(12-17-32(31)38-39-33)34(41)37-21-22-4-6-23(7-5-22)24-8-9-24/h4-7,10-12,15-18,24,27-28,30H,8-9,13-14,19-21H2,1-3H3,(H,37,41)(H,38,39). The Morgan fingerprint density at radius 3 is 2.30 bits per heavy atom. The number of H-pyrrole nitrogens is 1. The molecule has 0 radical (unpaired) electrons. The van der Waals surface area contributed by atoms with E-state index in [4.69, 9.17) is 9.47 Å². The number of hydrogen-bond acceptors (Lipinski definition) is 5. The third-order valence-corrected chi connectivity index (χ3v) is 9.03. The fourth-order valence-electron chi connectivity index (χ4n) is 6.70. The average molecular weight is 593 g/mol. The van der Waals surface area contributed by atoms with Crippen molar-refractivity contribution in [2.45, 2.75) is 95.5 Å². The molecule has 8 nitrogen and oxygen atoms in total. The van der Waals surface area contributed by atoms with Gasteiger partial charge in [-0.1, -0.05) is 24.3 Å². The first-order valence-corrected chi connectivity index (χ1v) is 15.8. The van der Waals surface area contributed by atoms with Crippen LogP contribution < -0.4 is 10.1 Å². The summed E-state index contributed by atoms with van der Waals surface area (Å²) in [6, 6.07) is 22.5. The molecular formula is C36H40N4O4. The number of aromatic nitrogens is 2. The average Bonchev–Trinajstić information content (AvgIpc) is 3.70. The van der Waals surface area contributed by atoms with Crippen molar-refractivity contribution < 1.29 is 19.1 Å². The zero-order chi connectivity index (χ0) is 30.4. The van der Waals surface area contributed by atoms with Crippen LogP contribution in [-0.4, -0.2) is 50.9 Å². The monoisotopic (exact) mass is 592 g/mol. The van der Waals surface area contributed by atoms with Crippen LogP contribution in [0.3, 0.4) is 0 Å². The lowest BCUT2D eigenvalue weighted by molar-refractivity contribution is -0.00708. The Balaban J connectivity index is 0.988. The topological polar surface area (TPSA) is 96.5 Å². The molecule has 7 rings (SSSR count). The molecule has 2 bridgehead atoms. The van der Waals surface area contributed by atoms with E-state index in [1.165, 1.54) is 18.4 Å². The number of piperidine rings is 1. The molecule has 2 amide bonds. The number of benzene rings is 3. The van der Waals surface area contributed by atoms with Gasteiger partial charge in [0.05, 0.1) is 11.2 Å². The van der Waals surface area contributed by atoms with Gasteiger partial charge >= 0.3 is 6.09 Å². The van der Waals surface area contributed by atoms with Gasteiger partial charge in [0.15, 0.2) is 0 Å². The van der Waals surface area contributed by atoms with Gasteiger partial charge in [-0.2, -0.15) is 5.10 Å². The molecule has 8 heteroatoms. The highest BCUT2D eigenvalue weighted by Crippen LogP contribution is 2.40. The number of rotatable bonds is 7. The van der Waals surface area contributed by atoms with Gasteiger partial charge in [0.1, 0.15) is 17.5 Å². The summed E-state index contributed by atoms with van der Waals surface area (Å²) in [6.07, 6.45) is 6.00. The van der Waals surface area contributed by atoms with Crippen LogP contribution in [0.5, 0.6) is 5.75 Å². The molecule has 2 N–H and O–H groups in total. The second kappa shape index (κ2) is 11.3. The molecule has 2 saturated heterocycles. The van der Waals surface area contributed by atoms with Crippen LogP contribution in [0.15, 0.2) is 66.7 Å². The van der Waals surface area contributed by atoms with Crippen molar-refractivity contribution in [3.8, 4) is 17.0 Å². The van der Waals surface area contributed by atoms with Gasteiger partial charge in [-0.15, -0.1) is 0 Å². The van der Waals surface area contributed by atoms with Gasteiger partial charge in [0.25, 0.3) is 5.91 Å². The van der Waals surface area contributed by atoms with Crippen LogP contribution >= 0.6 is 0 Å². The van der Waals surface area contributed by atoms with Crippen molar-refractivity contribution in [1.29, 1.82) is 0 Å². The second-order valence-electron chi connectivity index (χ2n) is 13.5. The van der Waals surface area contributed by atoms with E-state index in [1.54, 1.807) is 0 Å². The van der Waals surface area contributed by atoms with E-state index in [2.05, 4.69) is 39.8 Å². The first-order valence-electron chi connectivity index (χ1n) is 15.8. The molecule has 3 aromatic carbocycles. The molecule has 228 valence electrons. The largest absolute Gasteiger partial charge is 0.490 e. The highest BCUT2D eigenvalue weighted by Gasteiger charge is 2.45. The molecule has 44 heavy (non-hydrogen) atoms. The van der Waals surface area contributed by atoms with Gasteiger partial charge < -0.3 is 19.7 Å². The third kappa shape index (κ3) is 6.03. The summed E-state index contributed by atoms with van der Waals surface area (Å²) >= 11 is 0. The Bertz CT molecular complexity index is 1650. The van der Waals surface area contributed by atoms with E-state index in [1.807, 2.05) is 68.1 Å². The van der Waals surface area contributed by atoms with Gasteiger partial charge in [-0.25, -0.2) is 4.79 Å². The van der Waals surface area contributed by atoms with Crippen LogP contribution in [0, 0.1) is 0 Å². The Morgan fingerprint density at radius 1 is 0.932 bits per heavy atom. The van der Waals surface area contributed by atoms with Crippen LogP contribution in [0.1, 0.15) is 86.7 Å². The smallest absolute Gasteiger partial charge is 0.410 e. The quantitative estimate of drug-likeness (QED) is 0.234. The fourth-order valence-corrected chi connectivity index (χ4v) is 6.70. The minimum absolute atomic E-state index is 0.0560. The molecule has 1 aliphatic carbocycles. The molecule has 2 atom stereocenters. The van der Waals surface area contributed by atoms with E-state index in [-0.39, 0.29) is 30.2 Å². The highest BCUT2D eigenvalue weighted by molar-refractivity contribution is 6.01. The lowest BCUT2D eigenvalue weighted by Gasteiger charge is -2.39. The van der Waals surface area contributed by atoms with Gasteiger partial charge in [-0.05, 0) is 106 Å². The molecule has 4 aromatic rings. The first kappa shape index (κ1) is 28.4. The summed E-state index contributed by atoms with van der Waals surface area (Å²) in [5.41, 5.74) is 5.20. The second-order valence-corrected chi connectivity index (χ2v) is 13.5. The molecule has 3 aliphatic rings. The van der Waals surface area contributed by atoms with E-state index in [0.29, 0.717) is 12.1 Å². The van der Waals surface area contributed by atoms with Crippen LogP contribution in [0.2, 0.25) is 0 Å².